The van der Waals surface area contributed by atoms with E-state index in [-0.39, 0.29) is 0 Å². The van der Waals surface area contributed by atoms with E-state index in [2.05, 4.69) is 5.32 Å². The number of carbonyl (C=O) groups is 1. The van der Waals surface area contributed by atoms with Crippen molar-refractivity contribution in [1.82, 2.24) is 15.3 Å². The molecule has 0 spiro atoms. The summed E-state index contributed by atoms with van der Waals surface area (Å²) in [4.78, 5) is 12.7. The highest BCUT2D eigenvalue weighted by molar-refractivity contribution is 5.77. The Hall–Kier alpha value is -1.26. The summed E-state index contributed by atoms with van der Waals surface area (Å²) in [6.45, 7) is -0.467. The molecule has 2 aliphatic rings. The molecule has 0 saturated carbocycles. The van der Waals surface area contributed by atoms with Crippen LogP contribution in [-0.4, -0.2) is 70.7 Å². The highest BCUT2D eigenvalue weighted by Crippen LogP contribution is 2.30. The Morgan fingerprint density at radius 3 is 2.84 bits per heavy atom. The molecule has 1 unspecified atom stereocenters. The van der Waals surface area contributed by atoms with E-state index < -0.39 is 43.3 Å². The second kappa shape index (κ2) is 5.39. The minimum Gasteiger partial charge on any atom is -0.394 e. The van der Waals surface area contributed by atoms with Crippen LogP contribution in [0.15, 0.2) is 12.3 Å². The molecule has 1 saturated heterocycles. The van der Waals surface area contributed by atoms with Crippen molar-refractivity contribution in [1.29, 1.82) is 0 Å². The number of alkyl halides is 1. The number of nitrogens with two attached hydrogens (primary N) is 1. The number of ether oxygens (including phenoxy) is 1. The molecule has 19 heavy (non-hydrogen) atoms. The summed E-state index contributed by atoms with van der Waals surface area (Å²) in [6.07, 6.45) is -1.64. The maximum atomic E-state index is 14.3. The number of carbonyl (C=O) groups excluding carboxylic acids is 1. The lowest BCUT2D eigenvalue weighted by Crippen LogP contribution is -2.55. The van der Waals surface area contributed by atoms with Gasteiger partial charge in [0.05, 0.1) is 18.8 Å². The molecule has 0 aliphatic carbocycles. The van der Waals surface area contributed by atoms with Gasteiger partial charge < -0.3 is 26.1 Å². The monoisotopic (exact) mass is 276 g/mol. The second-order valence-electron chi connectivity index (χ2n) is 4.48. The van der Waals surface area contributed by atoms with Gasteiger partial charge in [-0.3, -0.25) is 4.90 Å². The number of hydroxylamine groups is 2. The third-order valence-corrected chi connectivity index (χ3v) is 3.16. The van der Waals surface area contributed by atoms with Crippen LogP contribution in [-0.2, 0) is 4.74 Å². The zero-order valence-corrected chi connectivity index (χ0v) is 10.3. The first-order valence-corrected chi connectivity index (χ1v) is 5.80. The molecule has 2 amide bonds. The number of hydrogen-bond donors (Lipinski definition) is 4. The molecule has 1 fully saturated rings. The lowest BCUT2D eigenvalue weighted by atomic mass is 10.1. The van der Waals surface area contributed by atoms with Gasteiger partial charge in [0.2, 0.25) is 0 Å². The molecule has 2 rings (SSSR count). The number of aliphatic hydroxyl groups excluding tert-OH is 1. The third-order valence-electron chi connectivity index (χ3n) is 3.16. The Labute approximate surface area is 109 Å². The van der Waals surface area contributed by atoms with Gasteiger partial charge in [0, 0.05) is 13.2 Å². The summed E-state index contributed by atoms with van der Waals surface area (Å²) in [5.74, 6) is 0. The maximum absolute atomic E-state index is 14.3. The number of rotatable bonds is 3. The summed E-state index contributed by atoms with van der Waals surface area (Å²) in [6, 6.07) is -1.65. The lowest BCUT2D eigenvalue weighted by Gasteiger charge is -2.31. The largest absolute Gasteiger partial charge is 0.394 e. The van der Waals surface area contributed by atoms with Gasteiger partial charge in [-0.25, -0.2) is 9.18 Å². The highest BCUT2D eigenvalue weighted by Gasteiger charge is 2.50. The number of urea groups is 1. The fourth-order valence-electron chi connectivity index (χ4n) is 2.24. The summed E-state index contributed by atoms with van der Waals surface area (Å²) in [5.41, 5.74) is 5.48. The predicted molar refractivity (Wildman–Crippen MR) is 61.5 cm³/mol. The average molecular weight is 276 g/mol. The van der Waals surface area contributed by atoms with Gasteiger partial charge >= 0.3 is 6.03 Å². The van der Waals surface area contributed by atoms with Crippen molar-refractivity contribution < 1.29 is 24.2 Å². The average Bonchev–Trinajstić information content (AvgIpc) is 2.66. The van der Waals surface area contributed by atoms with Gasteiger partial charge in [-0.1, -0.05) is 0 Å². The second-order valence-corrected chi connectivity index (χ2v) is 4.48. The van der Waals surface area contributed by atoms with Gasteiger partial charge in [-0.15, -0.1) is 0 Å². The molecule has 5 N–H and O–H groups in total. The topological polar surface area (TPSA) is 111 Å². The van der Waals surface area contributed by atoms with Crippen molar-refractivity contribution in [2.24, 2.45) is 5.73 Å². The lowest BCUT2D eigenvalue weighted by molar-refractivity contribution is -0.134. The van der Waals surface area contributed by atoms with Crippen molar-refractivity contribution >= 4 is 6.03 Å². The minimum atomic E-state index is -1.67. The Kier molecular flexibility index (Phi) is 4.02. The molecule has 0 aromatic heterocycles. The number of halogens is 1. The van der Waals surface area contributed by atoms with Crippen LogP contribution in [0.4, 0.5) is 9.18 Å². The first kappa shape index (κ1) is 14.2. The van der Waals surface area contributed by atoms with Crippen molar-refractivity contribution in [3.8, 4) is 0 Å². The molecule has 5 atom stereocenters. The van der Waals surface area contributed by atoms with Crippen LogP contribution in [0.25, 0.3) is 0 Å². The first-order chi connectivity index (χ1) is 8.95. The van der Waals surface area contributed by atoms with Crippen LogP contribution in [0.5, 0.6) is 0 Å². The van der Waals surface area contributed by atoms with Gasteiger partial charge in [0.15, 0.2) is 12.4 Å². The molecule has 0 bridgehead atoms. The number of nitrogens with zero attached hydrogens (tertiary/aromatic N) is 2. The van der Waals surface area contributed by atoms with Crippen LogP contribution in [0, 0.1) is 0 Å². The van der Waals surface area contributed by atoms with Crippen molar-refractivity contribution in [2.75, 3.05) is 13.7 Å². The van der Waals surface area contributed by atoms with E-state index in [9.17, 15) is 14.4 Å². The third kappa shape index (κ3) is 2.55. The highest BCUT2D eigenvalue weighted by atomic mass is 19.1. The van der Waals surface area contributed by atoms with E-state index in [1.807, 2.05) is 0 Å². The molecular formula is C10H17FN4O4. The smallest absolute Gasteiger partial charge is 0.325 e. The van der Waals surface area contributed by atoms with E-state index in [1.54, 1.807) is 0 Å². The Balaban J connectivity index is 2.17. The summed E-state index contributed by atoms with van der Waals surface area (Å²) in [5, 5.41) is 21.6. The quantitative estimate of drug-likeness (QED) is 0.470. The number of amides is 2. The molecule has 0 aromatic carbocycles. The number of likely N-dealkylation sites (N-methyl/N-ethyl adjacent to an activating group) is 1. The minimum absolute atomic E-state index is 0.467. The van der Waals surface area contributed by atoms with Gasteiger partial charge in [-0.2, -0.15) is 5.06 Å². The van der Waals surface area contributed by atoms with Crippen molar-refractivity contribution in [3.05, 3.63) is 12.3 Å². The van der Waals surface area contributed by atoms with E-state index >= 15 is 0 Å². The molecule has 8 nitrogen and oxygen atoms in total. The van der Waals surface area contributed by atoms with Gasteiger partial charge in [-0.05, 0) is 6.08 Å². The van der Waals surface area contributed by atoms with Crippen LogP contribution in [0.1, 0.15) is 0 Å². The summed E-state index contributed by atoms with van der Waals surface area (Å²) >= 11 is 0. The van der Waals surface area contributed by atoms with Crippen molar-refractivity contribution in [2.45, 2.75) is 30.7 Å². The standard InChI is InChI=1S/C10H17FN4O4/c1-14(18)8-5(4-16)19-9(7(8)11)15-3-2-6(12)13-10(15)17/h2-3,5-9,16,18H,4,12H2,1H3,(H,13,17)/t5-,6?,7+,8-,9-/m1/s1. The normalized spacial score (nSPS) is 38.9. The zero-order valence-electron chi connectivity index (χ0n) is 10.3. The predicted octanol–water partition coefficient (Wildman–Crippen LogP) is -1.44. The Morgan fingerprint density at radius 2 is 2.37 bits per heavy atom. The first-order valence-electron chi connectivity index (χ1n) is 5.80. The zero-order chi connectivity index (χ0) is 14.2. The van der Waals surface area contributed by atoms with Crippen molar-refractivity contribution in [3.63, 3.8) is 0 Å². The fraction of sp³-hybridized carbons (Fsp3) is 0.700. The number of hydrogen-bond acceptors (Lipinski definition) is 6. The molecule has 108 valence electrons. The van der Waals surface area contributed by atoms with E-state index in [0.29, 0.717) is 5.06 Å². The Bertz CT molecular complexity index is 381. The molecule has 0 aromatic rings. The molecule has 9 heteroatoms. The van der Waals surface area contributed by atoms with E-state index in [4.69, 9.17) is 15.6 Å². The summed E-state index contributed by atoms with van der Waals surface area (Å²) in [7, 11) is 1.26. The fourth-order valence-corrected chi connectivity index (χ4v) is 2.24. The van der Waals surface area contributed by atoms with Crippen LogP contribution in [0.3, 0.4) is 0 Å². The number of nitrogens with one attached hydrogen (secondary N) is 1. The number of aliphatic hydroxyl groups is 1. The van der Waals surface area contributed by atoms with E-state index in [1.165, 1.54) is 19.3 Å². The summed E-state index contributed by atoms with van der Waals surface area (Å²) < 4.78 is 19.6. The maximum Gasteiger partial charge on any atom is 0.325 e. The molecular weight excluding hydrogens is 259 g/mol. The SMILES string of the molecule is CN(O)[C@H]1[C@H](F)[C@H](N2C=CC(N)NC2=O)O[C@@H]1CO. The Morgan fingerprint density at radius 1 is 1.68 bits per heavy atom. The van der Waals surface area contributed by atoms with Crippen LogP contribution >= 0.6 is 0 Å². The molecule has 2 aliphatic heterocycles. The van der Waals surface area contributed by atoms with E-state index in [0.717, 1.165) is 4.90 Å². The molecule has 2 heterocycles. The van der Waals surface area contributed by atoms with Crippen LogP contribution < -0.4 is 11.1 Å². The van der Waals surface area contributed by atoms with Crippen LogP contribution in [0.2, 0.25) is 0 Å². The van der Waals surface area contributed by atoms with Gasteiger partial charge in [0.25, 0.3) is 0 Å². The van der Waals surface area contributed by atoms with Gasteiger partial charge in [0.1, 0.15) is 6.10 Å². The molecule has 0 radical (unpaired) electrons.